The molecule has 0 amide bonds. The van der Waals surface area contributed by atoms with Gasteiger partial charge in [0.2, 0.25) is 0 Å². The summed E-state index contributed by atoms with van der Waals surface area (Å²) in [5.41, 5.74) is -3.38. The maximum atomic E-state index is 14.1. The van der Waals surface area contributed by atoms with Crippen molar-refractivity contribution in [2.45, 2.75) is 193 Å². The first kappa shape index (κ1) is 140. The van der Waals surface area contributed by atoms with E-state index in [4.69, 9.17) is 82.6 Å². The summed E-state index contributed by atoms with van der Waals surface area (Å²) in [5.74, 6) is 0. The molecule has 9 radical (unpaired) electrons. The van der Waals surface area contributed by atoms with Gasteiger partial charge in [-0.1, -0.05) is 78.1 Å². The molecule has 0 spiro atoms. The van der Waals surface area contributed by atoms with Gasteiger partial charge in [0.05, 0.1) is 112 Å². The maximum absolute atomic E-state index is 14.1. The van der Waals surface area contributed by atoms with Crippen molar-refractivity contribution in [2.24, 2.45) is 21.7 Å². The van der Waals surface area contributed by atoms with Crippen molar-refractivity contribution in [1.82, 2.24) is 0 Å². The van der Waals surface area contributed by atoms with Crippen LogP contribution in [0.5, 0.6) is 0 Å². The first-order valence-electron chi connectivity index (χ1n) is 33.8. The van der Waals surface area contributed by atoms with E-state index >= 15 is 0 Å². The number of rotatable bonds is 72. The van der Waals surface area contributed by atoms with Crippen LogP contribution in [-0.2, 0) is 404 Å². The van der Waals surface area contributed by atoms with Crippen molar-refractivity contribution in [3.8, 4) is 0 Å². The number of unbranched alkanes of at least 4 members (excludes halogenated alkanes) is 3. The van der Waals surface area contributed by atoms with Gasteiger partial charge in [-0.3, -0.25) is 63.3 Å². The summed E-state index contributed by atoms with van der Waals surface area (Å²) in [6, 6.07) is 0. The van der Waals surface area contributed by atoms with Crippen LogP contribution in [0, 0.1) is 84.0 Å². The van der Waals surface area contributed by atoms with Crippen LogP contribution < -0.4 is 0 Å². The smallest absolute Gasteiger partial charge is 0.396 e. The van der Waals surface area contributed by atoms with Crippen molar-refractivity contribution in [3.63, 3.8) is 0 Å². The molecule has 0 heterocycles. The quantitative estimate of drug-likeness (QED) is 0.0159. The summed E-state index contributed by atoms with van der Waals surface area (Å²) in [4.78, 5) is 75.3. The number of aliphatic hydroxyl groups excluding tert-OH is 1. The van der Waals surface area contributed by atoms with Crippen molar-refractivity contribution in [1.29, 1.82) is 0 Å². The van der Waals surface area contributed by atoms with E-state index in [0.29, 0.717) is 141 Å². The first-order chi connectivity index (χ1) is 46.9. The minimum absolute atomic E-state index is 0. The molecule has 0 aliphatic rings. The molecule has 109 heavy (non-hydrogen) atoms. The first-order valence-corrected chi connectivity index (χ1v) is 44.3. The van der Waals surface area contributed by atoms with Crippen LogP contribution >= 0.6 is 54.8 Å². The average Bonchev–Trinajstić information content (AvgIpc) is 0.846. The molecule has 48 heteroatoms. The molecule has 0 aromatic rings. The van der Waals surface area contributed by atoms with Crippen LogP contribution in [-0.4, -0.2) is 177 Å². The van der Waals surface area contributed by atoms with Crippen LogP contribution in [0.1, 0.15) is 175 Å². The summed E-state index contributed by atoms with van der Waals surface area (Å²) in [7, 11) is -35.5. The molecular weight excluding hydrogens is 2260 g/mol. The van der Waals surface area contributed by atoms with E-state index in [-0.39, 0.29) is 359 Å². The summed E-state index contributed by atoms with van der Waals surface area (Å²) >= 11 is 0. The number of phosphoric acid groups is 7. The van der Waals surface area contributed by atoms with Crippen molar-refractivity contribution in [2.75, 3.05) is 119 Å². The van der Waals surface area contributed by atoms with Crippen LogP contribution in [0.4, 0.5) is 0 Å². The Balaban J connectivity index is -0.00000136. The number of aliphatic hydroxyl groups is 1. The Morgan fingerprint density at radius 1 is 0.294 bits per heavy atom. The van der Waals surface area contributed by atoms with Gasteiger partial charge in [-0.15, -0.1) is 0 Å². The Kier molecular flexibility index (Phi) is 101. The van der Waals surface area contributed by atoms with E-state index in [1.807, 2.05) is 6.92 Å². The van der Waals surface area contributed by atoms with E-state index < -0.39 is 162 Å². The molecule has 11 atom stereocenters. The van der Waals surface area contributed by atoms with Gasteiger partial charge in [-0.05, 0) is 55.3 Å². The molecule has 0 fully saturated rings. The fraction of sp³-hybridized carbons (Fsp3) is 0.852. The summed E-state index contributed by atoms with van der Waals surface area (Å²) < 4.78 is 184. The summed E-state index contributed by atoms with van der Waals surface area (Å²) in [6.45, 7) is 30.9. The second-order valence-corrected chi connectivity index (χ2v) is 34.7. The molecule has 0 aromatic carbocycles. The summed E-state index contributed by atoms with van der Waals surface area (Å²) in [6.07, 6.45) is 7.03. The third kappa shape index (κ3) is 72.0. The van der Waals surface area contributed by atoms with Crippen molar-refractivity contribution >= 4 is 54.8 Å². The molecule has 11 unspecified atom stereocenters. The SMILES string of the molecule is [CH2-]CCC(CC[CH2-])(CC[CH2-])COCC(COP(=O)(O)OCC)OP(=O)(O)OCCCOP(=O)(O)OCC(COCC(CC[CH2-])(CC[CH2-])CC[CH2-])OP(=O)(O)OCC(C)(COP(=O)(O)OCCCCCO)COP(=O)(O)OC(COCC(CC[CH2-])(CC[CH2-])CC[CH2-])COP(=O)(O)OCCCC.[Y].[Y].[Y].[Y].[Y].[Y].[Y].[Y].[Y]. The molecule has 0 aromatic heterocycles. The second kappa shape index (κ2) is 78.4. The van der Waals surface area contributed by atoms with Gasteiger partial charge in [0.15, 0.2) is 0 Å². The standard InChI is InChI=1S/C61H122O32P7.9Y/c1-13-24-39-81-95(65,66)86-47-56(44-78-53-60(32-17-5,33-18-6)34-19-7)92-99(73,74)89-50-58(12,49-88-97(69,70)82-40-27-25-26-38-62)51-90-100(75,76)93-57(45-79-54-61(35-20-8,36-21-9)37-22-10)48-87-96(67,68)83-41-28-42-84-98(71,72)91-55(46-85-94(63,64)80-23-11)43-77-52-59(29-14-2,30-15-3)31-16-4;;;;;;;;;/h55-57,62H,2-10,13-54H2,1,11-12H3,(H,63,64)(H,65,66)(H,67,68)(H,69,70)(H,71,72)(H,73,74)(H,75,76);;;;;;;;;/q-9;;;;;;;;;. The zero-order valence-electron chi connectivity index (χ0n) is 64.5. The average molecular weight is 2380 g/mol. The van der Waals surface area contributed by atoms with Crippen LogP contribution in [0.3, 0.4) is 0 Å². The Labute approximate surface area is 879 Å². The third-order valence-corrected chi connectivity index (χ3v) is 22.4. The van der Waals surface area contributed by atoms with Crippen molar-refractivity contribution < 1.29 is 443 Å². The van der Waals surface area contributed by atoms with Gasteiger partial charge in [-0.25, -0.2) is 32.0 Å². The van der Waals surface area contributed by atoms with Gasteiger partial charge in [0.1, 0.15) is 18.3 Å². The van der Waals surface area contributed by atoms with Gasteiger partial charge in [-0.2, -0.15) is 57.8 Å². The fourth-order valence-electron chi connectivity index (χ4n) is 10.3. The largest absolute Gasteiger partial charge is 0.472 e. The minimum Gasteiger partial charge on any atom is -0.396 e. The molecule has 0 saturated carbocycles. The van der Waals surface area contributed by atoms with Gasteiger partial charge in [0, 0.05) is 306 Å². The Hall–Kier alpha value is 10.5. The molecular formula is C61H122O32P7Y9-9. The fourth-order valence-corrected chi connectivity index (χ4v) is 16.6. The zero-order valence-corrected chi connectivity index (χ0v) is 96.3. The zero-order chi connectivity index (χ0) is 76.0. The van der Waals surface area contributed by atoms with Gasteiger partial charge >= 0.3 is 54.8 Å². The summed E-state index contributed by atoms with van der Waals surface area (Å²) in [5, 5.41) is 9.16. The number of hydrogen-bond donors (Lipinski definition) is 8. The second-order valence-electron chi connectivity index (χ2n) is 24.7. The Bertz CT molecular complexity index is 2450. The van der Waals surface area contributed by atoms with Crippen molar-refractivity contribution in [3.05, 3.63) is 62.3 Å². The molecule has 629 valence electrons. The van der Waals surface area contributed by atoms with E-state index in [2.05, 4.69) is 62.3 Å². The topological polar surface area (TPSA) is 438 Å². The van der Waals surface area contributed by atoms with Gasteiger partial charge in [0.25, 0.3) is 0 Å². The predicted octanol–water partition coefficient (Wildman–Crippen LogP) is 13.9. The number of ether oxygens (including phenoxy) is 3. The molecule has 32 nitrogen and oxygen atoms in total. The Morgan fingerprint density at radius 2 is 0.532 bits per heavy atom. The van der Waals surface area contributed by atoms with Crippen LogP contribution in [0.2, 0.25) is 0 Å². The molecule has 8 N–H and O–H groups in total. The van der Waals surface area contributed by atoms with E-state index in [1.54, 1.807) is 0 Å². The van der Waals surface area contributed by atoms with Crippen LogP contribution in [0.15, 0.2) is 0 Å². The predicted molar refractivity (Wildman–Crippen MR) is 374 cm³/mol. The van der Waals surface area contributed by atoms with E-state index in [1.165, 1.54) is 13.8 Å². The molecule has 0 aliphatic heterocycles. The normalized spacial score (nSPS) is 17.0. The Morgan fingerprint density at radius 3 is 0.798 bits per heavy atom. The van der Waals surface area contributed by atoms with E-state index in [9.17, 15) is 66.2 Å². The third-order valence-electron chi connectivity index (χ3n) is 15.2. The maximum Gasteiger partial charge on any atom is 0.472 e. The molecule has 0 saturated heterocycles. The molecule has 0 rings (SSSR count). The van der Waals surface area contributed by atoms with Crippen LogP contribution in [0.25, 0.3) is 0 Å². The molecule has 0 bridgehead atoms. The minimum atomic E-state index is -5.50. The van der Waals surface area contributed by atoms with Gasteiger partial charge < -0.3 is 116 Å². The van der Waals surface area contributed by atoms with E-state index in [0.717, 1.165) is 0 Å². The number of phosphoric ester groups is 7. The monoisotopic (exact) mass is 2380 g/mol. The number of hydrogen-bond acceptors (Lipinski definition) is 25. The molecule has 0 aliphatic carbocycles.